The van der Waals surface area contributed by atoms with E-state index in [1.807, 2.05) is 0 Å². The van der Waals surface area contributed by atoms with Crippen LogP contribution in [0.5, 0.6) is 0 Å². The monoisotopic (exact) mass is 256 g/mol. The molecule has 0 radical (unpaired) electrons. The Morgan fingerprint density at radius 3 is 2.40 bits per heavy atom. The fourth-order valence-electron chi connectivity index (χ4n) is 0.473. The predicted octanol–water partition coefficient (Wildman–Crippen LogP) is 0.792. The molecule has 0 saturated carbocycles. The second kappa shape index (κ2) is 5.59. The van der Waals surface area contributed by atoms with E-state index >= 15 is 0 Å². The molecule has 0 aromatic heterocycles. The van der Waals surface area contributed by atoms with Gasteiger partial charge in [-0.1, -0.05) is 5.92 Å². The highest BCUT2D eigenvalue weighted by Gasteiger charge is 2.31. The number of rotatable bonds is 5. The standard InChI is InChI=1S/C6H10O7P2/c1-3-6(2)4-5-12-15(10,11)13-14(7,8)9/h1,4H,5H2,2H3,(H,10,11)(H2,7,8,9)/b6-4-. The zero-order valence-corrected chi connectivity index (χ0v) is 9.52. The van der Waals surface area contributed by atoms with Gasteiger partial charge in [0.1, 0.15) is 0 Å². The molecule has 0 aromatic carbocycles. The first-order valence-electron chi connectivity index (χ1n) is 3.54. The van der Waals surface area contributed by atoms with Crippen molar-refractivity contribution in [1.29, 1.82) is 0 Å². The SMILES string of the molecule is C#C/C(C)=C\COP(=O)(O)OP(=O)(O)O. The second-order valence-corrected chi connectivity index (χ2v) is 5.20. The smallest absolute Gasteiger partial charge is 0.302 e. The molecule has 0 aliphatic carbocycles. The third-order valence-electron chi connectivity index (χ3n) is 1.06. The summed E-state index contributed by atoms with van der Waals surface area (Å²) in [5.74, 6) is 2.21. The molecule has 0 spiro atoms. The Kier molecular flexibility index (Phi) is 5.43. The van der Waals surface area contributed by atoms with E-state index < -0.39 is 15.6 Å². The van der Waals surface area contributed by atoms with Gasteiger partial charge < -0.3 is 14.7 Å². The number of phosphoric ester groups is 1. The Hall–Kier alpha value is -0.440. The lowest BCUT2D eigenvalue weighted by Gasteiger charge is -2.10. The van der Waals surface area contributed by atoms with Crippen molar-refractivity contribution in [1.82, 2.24) is 0 Å². The average Bonchev–Trinajstić information content (AvgIpc) is 1.98. The van der Waals surface area contributed by atoms with E-state index in [0.29, 0.717) is 5.57 Å². The summed E-state index contributed by atoms with van der Waals surface area (Å²) in [4.78, 5) is 25.2. The Labute approximate surface area is 86.6 Å². The summed E-state index contributed by atoms with van der Waals surface area (Å²) >= 11 is 0. The molecule has 7 nitrogen and oxygen atoms in total. The summed E-state index contributed by atoms with van der Waals surface area (Å²) in [6, 6.07) is 0. The van der Waals surface area contributed by atoms with E-state index in [0.717, 1.165) is 0 Å². The van der Waals surface area contributed by atoms with E-state index in [-0.39, 0.29) is 6.61 Å². The van der Waals surface area contributed by atoms with Crippen LogP contribution in [0.25, 0.3) is 0 Å². The molecule has 0 rings (SSSR count). The van der Waals surface area contributed by atoms with Crippen molar-refractivity contribution >= 4 is 15.6 Å². The van der Waals surface area contributed by atoms with E-state index in [1.165, 1.54) is 6.08 Å². The molecule has 1 unspecified atom stereocenters. The summed E-state index contributed by atoms with van der Waals surface area (Å²) in [5.41, 5.74) is 0.450. The molecule has 0 aliphatic heterocycles. The molecular formula is C6H10O7P2. The molecule has 0 heterocycles. The van der Waals surface area contributed by atoms with Crippen LogP contribution in [0.3, 0.4) is 0 Å². The van der Waals surface area contributed by atoms with Crippen LogP contribution in [-0.2, 0) is 18.0 Å². The van der Waals surface area contributed by atoms with Crippen LogP contribution >= 0.6 is 15.6 Å². The average molecular weight is 256 g/mol. The molecular weight excluding hydrogens is 246 g/mol. The summed E-state index contributed by atoms with van der Waals surface area (Å²) in [7, 11) is -9.81. The van der Waals surface area contributed by atoms with Gasteiger partial charge in [0.25, 0.3) is 0 Å². The van der Waals surface area contributed by atoms with Gasteiger partial charge in [0.05, 0.1) is 6.61 Å². The van der Waals surface area contributed by atoms with E-state index in [2.05, 4.69) is 14.8 Å². The number of allylic oxidation sites excluding steroid dienone is 1. The van der Waals surface area contributed by atoms with Crippen molar-refractivity contribution in [3.8, 4) is 12.3 Å². The maximum Gasteiger partial charge on any atom is 0.481 e. The van der Waals surface area contributed by atoms with Crippen molar-refractivity contribution in [2.75, 3.05) is 6.61 Å². The Balaban J connectivity index is 4.25. The lowest BCUT2D eigenvalue weighted by atomic mass is 10.3. The normalized spacial score (nSPS) is 16.9. The molecule has 15 heavy (non-hydrogen) atoms. The van der Waals surface area contributed by atoms with E-state index in [1.54, 1.807) is 6.92 Å². The molecule has 0 amide bonds. The van der Waals surface area contributed by atoms with Crippen LogP contribution in [-0.4, -0.2) is 21.3 Å². The third kappa shape index (κ3) is 8.55. The van der Waals surface area contributed by atoms with Crippen molar-refractivity contribution < 1.29 is 32.6 Å². The van der Waals surface area contributed by atoms with Gasteiger partial charge in [0.15, 0.2) is 0 Å². The van der Waals surface area contributed by atoms with Gasteiger partial charge in [-0.25, -0.2) is 9.13 Å². The van der Waals surface area contributed by atoms with Gasteiger partial charge in [0, 0.05) is 0 Å². The van der Waals surface area contributed by atoms with Crippen molar-refractivity contribution in [3.05, 3.63) is 11.6 Å². The zero-order chi connectivity index (χ0) is 12.1. The van der Waals surface area contributed by atoms with Gasteiger partial charge in [-0.05, 0) is 18.6 Å². The number of hydrogen-bond acceptors (Lipinski definition) is 4. The molecule has 86 valence electrons. The molecule has 0 bridgehead atoms. The highest BCUT2D eigenvalue weighted by Crippen LogP contribution is 2.57. The molecule has 0 fully saturated rings. The third-order valence-corrected chi connectivity index (χ3v) is 3.22. The maximum atomic E-state index is 10.8. The van der Waals surface area contributed by atoms with Gasteiger partial charge in [-0.3, -0.25) is 4.52 Å². The van der Waals surface area contributed by atoms with Gasteiger partial charge >= 0.3 is 15.6 Å². The Bertz CT molecular complexity index is 373. The number of hydrogen-bond donors (Lipinski definition) is 3. The minimum absolute atomic E-state index is 0.385. The van der Waals surface area contributed by atoms with E-state index in [4.69, 9.17) is 21.1 Å². The predicted molar refractivity (Wildman–Crippen MR) is 51.5 cm³/mol. The minimum Gasteiger partial charge on any atom is -0.302 e. The van der Waals surface area contributed by atoms with Crippen molar-refractivity contribution in [2.24, 2.45) is 0 Å². The first kappa shape index (κ1) is 14.6. The van der Waals surface area contributed by atoms with Crippen molar-refractivity contribution in [2.45, 2.75) is 6.92 Å². The van der Waals surface area contributed by atoms with Crippen LogP contribution < -0.4 is 0 Å². The highest BCUT2D eigenvalue weighted by molar-refractivity contribution is 7.60. The Morgan fingerprint density at radius 2 is 2.00 bits per heavy atom. The number of phosphoric acid groups is 2. The molecule has 0 saturated heterocycles. The van der Waals surface area contributed by atoms with Crippen LogP contribution in [0.2, 0.25) is 0 Å². The zero-order valence-electron chi connectivity index (χ0n) is 7.73. The lowest BCUT2D eigenvalue weighted by Crippen LogP contribution is -1.94. The summed E-state index contributed by atoms with van der Waals surface area (Å²) < 4.78 is 28.8. The minimum atomic E-state index is -5.06. The fourth-order valence-corrected chi connectivity index (χ4v) is 2.00. The first-order valence-corrected chi connectivity index (χ1v) is 6.56. The van der Waals surface area contributed by atoms with Crippen LogP contribution in [0.1, 0.15) is 6.92 Å². The van der Waals surface area contributed by atoms with Crippen LogP contribution in [0, 0.1) is 12.3 Å². The number of terminal acetylenes is 1. The molecule has 1 atom stereocenters. The second-order valence-electron chi connectivity index (χ2n) is 2.37. The van der Waals surface area contributed by atoms with Gasteiger partial charge in [0.2, 0.25) is 0 Å². The largest absolute Gasteiger partial charge is 0.481 e. The summed E-state index contributed by atoms with van der Waals surface area (Å²) in [6.07, 6.45) is 6.25. The van der Waals surface area contributed by atoms with Crippen molar-refractivity contribution in [3.63, 3.8) is 0 Å². The maximum absolute atomic E-state index is 10.8. The van der Waals surface area contributed by atoms with Crippen LogP contribution in [0.15, 0.2) is 11.6 Å². The Morgan fingerprint density at radius 1 is 1.47 bits per heavy atom. The first-order chi connectivity index (χ1) is 6.66. The fraction of sp³-hybridized carbons (Fsp3) is 0.333. The molecule has 9 heteroatoms. The van der Waals surface area contributed by atoms with E-state index in [9.17, 15) is 9.13 Å². The lowest BCUT2D eigenvalue weighted by molar-refractivity contribution is 0.191. The highest BCUT2D eigenvalue weighted by atomic mass is 31.3. The summed E-state index contributed by atoms with van der Waals surface area (Å²) in [5, 5.41) is 0. The quantitative estimate of drug-likeness (QED) is 0.492. The van der Waals surface area contributed by atoms with Crippen LogP contribution in [0.4, 0.5) is 0 Å². The summed E-state index contributed by atoms with van der Waals surface area (Å²) in [6.45, 7) is 1.17. The van der Waals surface area contributed by atoms with Gasteiger partial charge in [-0.15, -0.1) is 6.42 Å². The molecule has 0 aromatic rings. The van der Waals surface area contributed by atoms with Gasteiger partial charge in [-0.2, -0.15) is 4.31 Å². The topological polar surface area (TPSA) is 113 Å². The molecule has 0 aliphatic rings. The molecule has 3 N–H and O–H groups in total.